The van der Waals surface area contributed by atoms with E-state index in [1.165, 1.54) is 11.3 Å². The van der Waals surface area contributed by atoms with Crippen LogP contribution < -0.4 is 0 Å². The van der Waals surface area contributed by atoms with Crippen LogP contribution in [-0.2, 0) is 0 Å². The molecule has 1 aromatic rings. The molecule has 0 aliphatic heterocycles. The minimum Gasteiger partial charge on any atom is -0.478 e. The molecule has 0 saturated carbocycles. The monoisotopic (exact) mass is 220 g/mol. The van der Waals surface area contributed by atoms with E-state index in [0.29, 0.717) is 10.0 Å². The van der Waals surface area contributed by atoms with Crippen molar-refractivity contribution in [2.24, 2.45) is 0 Å². The number of aryl methyl sites for hydroxylation is 1. The maximum Gasteiger partial charge on any atom is 0.337 e. The zero-order valence-corrected chi connectivity index (χ0v) is 7.62. The summed E-state index contributed by atoms with van der Waals surface area (Å²) in [5.41, 5.74) is 0.380. The summed E-state index contributed by atoms with van der Waals surface area (Å²) >= 11 is 4.58. The first-order chi connectivity index (χ1) is 4.63. The number of halogens is 1. The van der Waals surface area contributed by atoms with Gasteiger partial charge in [0.05, 0.1) is 5.56 Å². The van der Waals surface area contributed by atoms with Crippen LogP contribution in [0, 0.1) is 6.92 Å². The number of aromatic carboxylic acids is 1. The van der Waals surface area contributed by atoms with Crippen LogP contribution in [0.5, 0.6) is 0 Å². The molecule has 0 saturated heterocycles. The average Bonchev–Trinajstić information content (AvgIpc) is 2.11. The Bertz CT molecular complexity index is 247. The van der Waals surface area contributed by atoms with E-state index in [1.807, 2.05) is 0 Å². The highest BCUT2D eigenvalue weighted by Gasteiger charge is 2.12. The van der Waals surface area contributed by atoms with Gasteiger partial charge in [0.1, 0.15) is 0 Å². The van der Waals surface area contributed by atoms with Crippen LogP contribution in [0.3, 0.4) is 0 Å². The first-order valence-corrected chi connectivity index (χ1v) is 4.27. The van der Waals surface area contributed by atoms with Crippen molar-refractivity contribution < 1.29 is 9.90 Å². The van der Waals surface area contributed by atoms with Crippen molar-refractivity contribution in [3.8, 4) is 0 Å². The van der Waals surface area contributed by atoms with Gasteiger partial charge in [-0.3, -0.25) is 0 Å². The third-order valence-electron chi connectivity index (χ3n) is 1.14. The summed E-state index contributed by atoms with van der Waals surface area (Å²) in [6.07, 6.45) is 0. The van der Waals surface area contributed by atoms with Gasteiger partial charge in [0.15, 0.2) is 0 Å². The molecule has 0 atom stereocenters. The number of hydrogen-bond acceptors (Lipinski definition) is 2. The molecule has 4 heteroatoms. The largest absolute Gasteiger partial charge is 0.478 e. The highest BCUT2D eigenvalue weighted by atomic mass is 79.9. The van der Waals surface area contributed by atoms with Crippen molar-refractivity contribution in [1.82, 2.24) is 0 Å². The van der Waals surface area contributed by atoms with Crippen molar-refractivity contribution in [3.05, 3.63) is 20.3 Å². The summed E-state index contributed by atoms with van der Waals surface area (Å²) in [6, 6.07) is 0. The topological polar surface area (TPSA) is 37.3 Å². The molecule has 1 heterocycles. The molecule has 1 aromatic heterocycles. The fraction of sp³-hybridized carbons (Fsp3) is 0.167. The predicted molar refractivity (Wildman–Crippen MR) is 43.7 cm³/mol. The Morgan fingerprint density at radius 3 is 2.60 bits per heavy atom. The molecule has 0 unspecified atom stereocenters. The summed E-state index contributed by atoms with van der Waals surface area (Å²) in [7, 11) is 0. The molecule has 54 valence electrons. The fourth-order valence-electron chi connectivity index (χ4n) is 0.679. The number of carbonyl (C=O) groups is 1. The smallest absolute Gasteiger partial charge is 0.337 e. The van der Waals surface area contributed by atoms with Crippen molar-refractivity contribution >= 4 is 33.2 Å². The Morgan fingerprint density at radius 2 is 2.40 bits per heavy atom. The molecule has 0 aliphatic carbocycles. The molecule has 0 radical (unpaired) electrons. The van der Waals surface area contributed by atoms with Crippen LogP contribution in [0.4, 0.5) is 0 Å². The third kappa shape index (κ3) is 1.22. The average molecular weight is 221 g/mol. The van der Waals surface area contributed by atoms with Gasteiger partial charge in [-0.25, -0.2) is 4.79 Å². The van der Waals surface area contributed by atoms with Crippen molar-refractivity contribution in [2.45, 2.75) is 6.92 Å². The molecular formula is C6H5BrO2S. The lowest BCUT2D eigenvalue weighted by Crippen LogP contribution is -1.96. The Labute approximate surface area is 70.6 Å². The third-order valence-corrected chi connectivity index (χ3v) is 2.98. The number of thiophene rings is 1. The van der Waals surface area contributed by atoms with Gasteiger partial charge in [-0.1, -0.05) is 0 Å². The summed E-state index contributed by atoms with van der Waals surface area (Å²) < 4.78 is 0.669. The van der Waals surface area contributed by atoms with Gasteiger partial charge in [-0.05, 0) is 22.9 Å². The fourth-order valence-corrected chi connectivity index (χ4v) is 2.27. The van der Waals surface area contributed by atoms with Crippen molar-refractivity contribution in [1.29, 1.82) is 0 Å². The van der Waals surface area contributed by atoms with Crippen molar-refractivity contribution in [2.75, 3.05) is 0 Å². The molecule has 0 bridgehead atoms. The van der Waals surface area contributed by atoms with Gasteiger partial charge in [0.2, 0.25) is 0 Å². The van der Waals surface area contributed by atoms with E-state index in [0.717, 1.165) is 4.88 Å². The van der Waals surface area contributed by atoms with E-state index >= 15 is 0 Å². The first kappa shape index (κ1) is 7.75. The van der Waals surface area contributed by atoms with Crippen LogP contribution in [0.15, 0.2) is 9.85 Å². The maximum absolute atomic E-state index is 10.5. The van der Waals surface area contributed by atoms with E-state index in [2.05, 4.69) is 15.9 Å². The van der Waals surface area contributed by atoms with Gasteiger partial charge < -0.3 is 5.11 Å². The zero-order valence-electron chi connectivity index (χ0n) is 5.22. The van der Waals surface area contributed by atoms with E-state index in [-0.39, 0.29) is 0 Å². The van der Waals surface area contributed by atoms with Crippen LogP contribution in [0.1, 0.15) is 15.2 Å². The highest BCUT2D eigenvalue weighted by Crippen LogP contribution is 2.26. The van der Waals surface area contributed by atoms with Gasteiger partial charge in [0, 0.05) is 14.7 Å². The normalized spacial score (nSPS) is 9.80. The molecule has 0 aliphatic rings. The van der Waals surface area contributed by atoms with E-state index in [9.17, 15) is 4.79 Å². The first-order valence-electron chi connectivity index (χ1n) is 2.60. The lowest BCUT2D eigenvalue weighted by atomic mass is 10.3. The zero-order chi connectivity index (χ0) is 7.72. The summed E-state index contributed by atoms with van der Waals surface area (Å²) in [6.45, 7) is 1.79. The van der Waals surface area contributed by atoms with E-state index in [1.54, 1.807) is 12.3 Å². The van der Waals surface area contributed by atoms with Crippen LogP contribution >= 0.6 is 27.3 Å². The van der Waals surface area contributed by atoms with Crippen LogP contribution in [0.2, 0.25) is 0 Å². The Kier molecular flexibility index (Phi) is 2.11. The standard InChI is InChI=1S/C6H5BrO2S/c1-3-5(6(8)9)4(7)2-10-3/h2H,1H3,(H,8,9). The molecule has 1 rings (SSSR count). The van der Waals surface area contributed by atoms with Crippen LogP contribution in [-0.4, -0.2) is 11.1 Å². The van der Waals surface area contributed by atoms with Gasteiger partial charge in [-0.2, -0.15) is 0 Å². The Morgan fingerprint density at radius 1 is 1.80 bits per heavy atom. The molecule has 0 fully saturated rings. The summed E-state index contributed by atoms with van der Waals surface area (Å²) in [5, 5.41) is 10.4. The second-order valence-electron chi connectivity index (χ2n) is 1.82. The Hall–Kier alpha value is -0.350. The lowest BCUT2D eigenvalue weighted by Gasteiger charge is -1.90. The number of rotatable bonds is 1. The predicted octanol–water partition coefficient (Wildman–Crippen LogP) is 2.52. The molecule has 0 amide bonds. The summed E-state index contributed by atoms with van der Waals surface area (Å²) in [4.78, 5) is 11.3. The molecule has 1 N–H and O–H groups in total. The molecule has 2 nitrogen and oxygen atoms in total. The Balaban J connectivity index is 3.23. The quantitative estimate of drug-likeness (QED) is 0.790. The van der Waals surface area contributed by atoms with Crippen molar-refractivity contribution in [3.63, 3.8) is 0 Å². The molecule has 0 spiro atoms. The maximum atomic E-state index is 10.5. The lowest BCUT2D eigenvalue weighted by molar-refractivity contribution is 0.0696. The van der Waals surface area contributed by atoms with Gasteiger partial charge in [0.25, 0.3) is 0 Å². The molecular weight excluding hydrogens is 216 g/mol. The number of carboxylic acid groups (broad SMARTS) is 1. The van der Waals surface area contributed by atoms with Crippen LogP contribution in [0.25, 0.3) is 0 Å². The minimum absolute atomic E-state index is 0.380. The minimum atomic E-state index is -0.870. The van der Waals surface area contributed by atoms with E-state index in [4.69, 9.17) is 5.11 Å². The molecule has 0 aromatic carbocycles. The SMILES string of the molecule is Cc1scc(Br)c1C(=O)O. The van der Waals surface area contributed by atoms with Gasteiger partial charge >= 0.3 is 5.97 Å². The second kappa shape index (κ2) is 2.72. The second-order valence-corrected chi connectivity index (χ2v) is 3.76. The highest BCUT2D eigenvalue weighted by molar-refractivity contribution is 9.10. The number of carboxylic acids is 1. The van der Waals surface area contributed by atoms with Gasteiger partial charge in [-0.15, -0.1) is 11.3 Å². The summed E-state index contributed by atoms with van der Waals surface area (Å²) in [5.74, 6) is -0.870. The van der Waals surface area contributed by atoms with E-state index < -0.39 is 5.97 Å². The molecule has 10 heavy (non-hydrogen) atoms. The number of hydrogen-bond donors (Lipinski definition) is 1.